The first-order chi connectivity index (χ1) is 14.4. The van der Waals surface area contributed by atoms with Crippen molar-refractivity contribution >= 4 is 39.1 Å². The van der Waals surface area contributed by atoms with Crippen LogP contribution in [0.5, 0.6) is 0 Å². The highest BCUT2D eigenvalue weighted by Crippen LogP contribution is 2.22. The van der Waals surface area contributed by atoms with Crippen LogP contribution in [0.1, 0.15) is 23.6 Å². The molecular formula is C22H28ClN3O4S. The Balaban J connectivity index is 2.39. The van der Waals surface area contributed by atoms with Crippen molar-refractivity contribution in [3.05, 3.63) is 64.2 Å². The molecule has 0 aliphatic carbocycles. The molecule has 0 saturated carbocycles. The molecule has 2 aromatic rings. The third-order valence-electron chi connectivity index (χ3n) is 5.14. The normalized spacial score (nSPS) is 12.2. The summed E-state index contributed by atoms with van der Waals surface area (Å²) in [7, 11) is -2.25. The molecule has 2 aromatic carbocycles. The predicted octanol–water partition coefficient (Wildman–Crippen LogP) is 2.89. The summed E-state index contributed by atoms with van der Waals surface area (Å²) in [6.45, 7) is 5.12. The molecule has 0 spiro atoms. The van der Waals surface area contributed by atoms with E-state index in [1.54, 1.807) is 43.3 Å². The first-order valence-corrected chi connectivity index (χ1v) is 12.0. The second kappa shape index (κ2) is 10.2. The van der Waals surface area contributed by atoms with Gasteiger partial charge in [0.05, 0.1) is 11.9 Å². The number of carbonyl (C=O) groups is 2. The summed E-state index contributed by atoms with van der Waals surface area (Å²) in [4.78, 5) is 26.9. The zero-order valence-electron chi connectivity index (χ0n) is 18.3. The standard InChI is InChI=1S/C22H28ClN3O4S/c1-15-6-11-20(12-16(15)2)26(31(5,29)30)14-21(27)25(17(3)22(28)24-4)13-18-7-9-19(23)10-8-18/h6-12,17H,13-14H2,1-5H3,(H,24,28)/t17-/m1/s1. The van der Waals surface area contributed by atoms with Crippen molar-refractivity contribution in [2.45, 2.75) is 33.4 Å². The van der Waals surface area contributed by atoms with Crippen LogP contribution < -0.4 is 9.62 Å². The molecule has 0 radical (unpaired) electrons. The van der Waals surface area contributed by atoms with E-state index in [4.69, 9.17) is 11.6 Å². The van der Waals surface area contributed by atoms with Crippen LogP contribution >= 0.6 is 11.6 Å². The maximum absolute atomic E-state index is 13.3. The lowest BCUT2D eigenvalue weighted by Crippen LogP contribution is -2.50. The number of halogens is 1. The maximum Gasteiger partial charge on any atom is 0.244 e. The number of rotatable bonds is 8. The Morgan fingerprint density at radius 2 is 1.68 bits per heavy atom. The van der Waals surface area contributed by atoms with Gasteiger partial charge in [-0.25, -0.2) is 8.42 Å². The number of hydrogen-bond acceptors (Lipinski definition) is 4. The Morgan fingerprint density at radius 3 is 2.19 bits per heavy atom. The molecular weight excluding hydrogens is 438 g/mol. The Bertz CT molecular complexity index is 1050. The molecule has 2 amide bonds. The van der Waals surface area contributed by atoms with Crippen LogP contribution in [0.2, 0.25) is 5.02 Å². The number of nitrogens with one attached hydrogen (secondary N) is 1. The van der Waals surface area contributed by atoms with Gasteiger partial charge in [-0.15, -0.1) is 0 Å². The first-order valence-electron chi connectivity index (χ1n) is 9.74. The maximum atomic E-state index is 13.3. The minimum absolute atomic E-state index is 0.134. The van der Waals surface area contributed by atoms with E-state index in [1.165, 1.54) is 11.9 Å². The number of aryl methyl sites for hydroxylation is 2. The molecule has 31 heavy (non-hydrogen) atoms. The summed E-state index contributed by atoms with van der Waals surface area (Å²) >= 11 is 5.94. The molecule has 168 valence electrons. The van der Waals surface area contributed by atoms with Gasteiger partial charge in [0.1, 0.15) is 12.6 Å². The van der Waals surface area contributed by atoms with Crippen LogP contribution in [0.15, 0.2) is 42.5 Å². The Labute approximate surface area is 189 Å². The van der Waals surface area contributed by atoms with E-state index < -0.39 is 28.5 Å². The van der Waals surface area contributed by atoms with Gasteiger partial charge in [0.2, 0.25) is 21.8 Å². The monoisotopic (exact) mass is 465 g/mol. The third-order valence-corrected chi connectivity index (χ3v) is 6.53. The van der Waals surface area contributed by atoms with Gasteiger partial charge in [0.25, 0.3) is 0 Å². The van der Waals surface area contributed by atoms with Crippen molar-refractivity contribution in [3.63, 3.8) is 0 Å². The third kappa shape index (κ3) is 6.45. The first kappa shape index (κ1) is 24.7. The average Bonchev–Trinajstić information content (AvgIpc) is 2.71. The van der Waals surface area contributed by atoms with E-state index in [1.807, 2.05) is 19.9 Å². The molecule has 0 heterocycles. The van der Waals surface area contributed by atoms with Crippen LogP contribution in [-0.4, -0.2) is 51.0 Å². The summed E-state index contributed by atoms with van der Waals surface area (Å²) in [5.41, 5.74) is 3.10. The smallest absolute Gasteiger partial charge is 0.244 e. The van der Waals surface area contributed by atoms with Crippen LogP contribution in [0.4, 0.5) is 5.69 Å². The summed E-state index contributed by atoms with van der Waals surface area (Å²) < 4.78 is 26.1. The molecule has 0 bridgehead atoms. The molecule has 7 nitrogen and oxygen atoms in total. The number of likely N-dealkylation sites (N-methyl/N-ethyl adjacent to an activating group) is 1. The lowest BCUT2D eigenvalue weighted by molar-refractivity contribution is -0.139. The topological polar surface area (TPSA) is 86.8 Å². The Kier molecular flexibility index (Phi) is 8.08. The van der Waals surface area contributed by atoms with Gasteiger partial charge < -0.3 is 10.2 Å². The van der Waals surface area contributed by atoms with Gasteiger partial charge in [-0.1, -0.05) is 29.8 Å². The van der Waals surface area contributed by atoms with Crippen LogP contribution in [0.3, 0.4) is 0 Å². The van der Waals surface area contributed by atoms with Gasteiger partial charge in [0.15, 0.2) is 0 Å². The minimum atomic E-state index is -3.74. The fraction of sp³-hybridized carbons (Fsp3) is 0.364. The highest BCUT2D eigenvalue weighted by atomic mass is 35.5. The molecule has 0 aromatic heterocycles. The van der Waals surface area contributed by atoms with Gasteiger partial charge in [-0.2, -0.15) is 0 Å². The van der Waals surface area contributed by atoms with E-state index in [2.05, 4.69) is 5.32 Å². The largest absolute Gasteiger partial charge is 0.357 e. The van der Waals surface area contributed by atoms with E-state index in [0.717, 1.165) is 27.3 Å². The number of hydrogen-bond donors (Lipinski definition) is 1. The molecule has 9 heteroatoms. The number of amides is 2. The number of sulfonamides is 1. The Hall–Kier alpha value is -2.58. The zero-order chi connectivity index (χ0) is 23.3. The number of anilines is 1. The van der Waals surface area contributed by atoms with Gasteiger partial charge >= 0.3 is 0 Å². The highest BCUT2D eigenvalue weighted by molar-refractivity contribution is 7.92. The molecule has 0 fully saturated rings. The van der Waals surface area contributed by atoms with E-state index in [0.29, 0.717) is 10.7 Å². The lowest BCUT2D eigenvalue weighted by atomic mass is 10.1. The molecule has 0 unspecified atom stereocenters. The van der Waals surface area contributed by atoms with E-state index in [9.17, 15) is 18.0 Å². The highest BCUT2D eigenvalue weighted by Gasteiger charge is 2.29. The summed E-state index contributed by atoms with van der Waals surface area (Å²) in [6.07, 6.45) is 1.06. The predicted molar refractivity (Wildman–Crippen MR) is 124 cm³/mol. The van der Waals surface area contributed by atoms with Crippen molar-refractivity contribution in [1.82, 2.24) is 10.2 Å². The van der Waals surface area contributed by atoms with Crippen molar-refractivity contribution in [2.24, 2.45) is 0 Å². The quantitative estimate of drug-likeness (QED) is 0.649. The van der Waals surface area contributed by atoms with Crippen molar-refractivity contribution in [2.75, 3.05) is 24.2 Å². The second-order valence-electron chi connectivity index (χ2n) is 7.48. The summed E-state index contributed by atoms with van der Waals surface area (Å²) in [5, 5.41) is 3.09. The number of benzene rings is 2. The molecule has 0 aliphatic rings. The van der Waals surface area contributed by atoms with Crippen molar-refractivity contribution in [3.8, 4) is 0 Å². The second-order valence-corrected chi connectivity index (χ2v) is 9.82. The molecule has 1 atom stereocenters. The summed E-state index contributed by atoms with van der Waals surface area (Å²) in [5.74, 6) is -0.839. The average molecular weight is 466 g/mol. The summed E-state index contributed by atoms with van der Waals surface area (Å²) in [6, 6.07) is 11.3. The zero-order valence-corrected chi connectivity index (χ0v) is 19.9. The fourth-order valence-electron chi connectivity index (χ4n) is 3.07. The molecule has 1 N–H and O–H groups in total. The minimum Gasteiger partial charge on any atom is -0.357 e. The molecule has 2 rings (SSSR count). The SMILES string of the molecule is CNC(=O)[C@@H](C)N(Cc1ccc(Cl)cc1)C(=O)CN(c1ccc(C)c(C)c1)S(C)(=O)=O. The van der Waals surface area contributed by atoms with Gasteiger partial charge in [-0.05, 0) is 61.7 Å². The van der Waals surface area contributed by atoms with Gasteiger partial charge in [0, 0.05) is 18.6 Å². The molecule has 0 saturated heterocycles. The number of nitrogens with zero attached hydrogens (tertiary/aromatic N) is 2. The van der Waals surface area contributed by atoms with Crippen LogP contribution in [0.25, 0.3) is 0 Å². The van der Waals surface area contributed by atoms with Crippen LogP contribution in [0, 0.1) is 13.8 Å². The van der Waals surface area contributed by atoms with Gasteiger partial charge in [-0.3, -0.25) is 13.9 Å². The molecule has 0 aliphatic heterocycles. The lowest BCUT2D eigenvalue weighted by Gasteiger charge is -2.31. The van der Waals surface area contributed by atoms with E-state index in [-0.39, 0.29) is 12.5 Å². The Morgan fingerprint density at radius 1 is 1.06 bits per heavy atom. The van der Waals surface area contributed by atoms with E-state index >= 15 is 0 Å². The van der Waals surface area contributed by atoms with Crippen molar-refractivity contribution in [1.29, 1.82) is 0 Å². The fourth-order valence-corrected chi connectivity index (χ4v) is 4.04. The van der Waals surface area contributed by atoms with Crippen molar-refractivity contribution < 1.29 is 18.0 Å². The van der Waals surface area contributed by atoms with Crippen LogP contribution in [-0.2, 0) is 26.2 Å². The number of carbonyl (C=O) groups excluding carboxylic acids is 2.